The van der Waals surface area contributed by atoms with Crippen LogP contribution >= 0.6 is 0 Å². The fourth-order valence-corrected chi connectivity index (χ4v) is 2.29. The molecule has 3 heteroatoms. The zero-order valence-electron chi connectivity index (χ0n) is 13.5. The lowest BCUT2D eigenvalue weighted by atomic mass is 9.78. The number of aryl methyl sites for hydroxylation is 2. The number of aromatic nitrogens is 2. The molecule has 0 aromatic carbocycles. The van der Waals surface area contributed by atoms with Crippen LogP contribution in [0.4, 0.5) is 0 Å². The van der Waals surface area contributed by atoms with Gasteiger partial charge < -0.3 is 5.73 Å². The number of hydrogen-bond acceptors (Lipinski definition) is 2. The highest BCUT2D eigenvalue weighted by molar-refractivity contribution is 5.11. The number of hydrogen-bond donors (Lipinski definition) is 1. The third-order valence-corrected chi connectivity index (χ3v) is 4.18. The predicted octanol–water partition coefficient (Wildman–Crippen LogP) is 3.41. The predicted molar refractivity (Wildman–Crippen MR) is 82.2 cm³/mol. The molecule has 0 aliphatic heterocycles. The van der Waals surface area contributed by atoms with Crippen molar-refractivity contribution in [2.75, 3.05) is 0 Å². The van der Waals surface area contributed by atoms with Gasteiger partial charge in [-0.05, 0) is 37.2 Å². The first kappa shape index (κ1) is 16.2. The second-order valence-corrected chi connectivity index (χ2v) is 6.76. The summed E-state index contributed by atoms with van der Waals surface area (Å²) in [5.74, 6) is 0.631. The van der Waals surface area contributed by atoms with Crippen molar-refractivity contribution in [2.45, 2.75) is 73.4 Å². The van der Waals surface area contributed by atoms with Crippen molar-refractivity contribution in [1.82, 2.24) is 9.78 Å². The lowest BCUT2D eigenvalue weighted by Gasteiger charge is -2.29. The second kappa shape index (κ2) is 6.56. The quantitative estimate of drug-likeness (QED) is 0.856. The summed E-state index contributed by atoms with van der Waals surface area (Å²) in [6, 6.07) is 2.44. The summed E-state index contributed by atoms with van der Waals surface area (Å²) in [6.45, 7) is 14.4. The van der Waals surface area contributed by atoms with Crippen molar-refractivity contribution in [2.24, 2.45) is 17.1 Å². The van der Waals surface area contributed by atoms with Gasteiger partial charge in [0.25, 0.3) is 0 Å². The Bertz CT molecular complexity index is 387. The standard InChI is InChI=1S/C16H31N3/c1-7-14-11-15(19(8-2)18-14)10-13(17)9-12(3)16(4,5)6/h11-13H,7-10,17H2,1-6H3. The minimum atomic E-state index is 0.223. The van der Waals surface area contributed by atoms with Gasteiger partial charge in [0.05, 0.1) is 5.69 Å². The fraction of sp³-hybridized carbons (Fsp3) is 0.812. The minimum absolute atomic E-state index is 0.223. The van der Waals surface area contributed by atoms with Gasteiger partial charge in [-0.15, -0.1) is 0 Å². The number of rotatable bonds is 6. The van der Waals surface area contributed by atoms with E-state index < -0.39 is 0 Å². The molecule has 0 amide bonds. The number of nitrogens with two attached hydrogens (primary N) is 1. The Hall–Kier alpha value is -0.830. The van der Waals surface area contributed by atoms with Crippen molar-refractivity contribution in [1.29, 1.82) is 0 Å². The van der Waals surface area contributed by atoms with Crippen LogP contribution in [0.5, 0.6) is 0 Å². The zero-order chi connectivity index (χ0) is 14.6. The summed E-state index contributed by atoms with van der Waals surface area (Å²) >= 11 is 0. The molecule has 0 spiro atoms. The molecule has 0 aliphatic carbocycles. The first-order valence-corrected chi connectivity index (χ1v) is 7.59. The molecule has 2 unspecified atom stereocenters. The van der Waals surface area contributed by atoms with E-state index in [1.807, 2.05) is 0 Å². The highest BCUT2D eigenvalue weighted by atomic mass is 15.3. The summed E-state index contributed by atoms with van der Waals surface area (Å²) in [7, 11) is 0. The Balaban J connectivity index is 2.66. The molecule has 0 saturated carbocycles. The summed E-state index contributed by atoms with van der Waals surface area (Å²) < 4.78 is 2.10. The average molecular weight is 265 g/mol. The Morgan fingerprint density at radius 2 is 1.95 bits per heavy atom. The Labute approximate surface area is 118 Å². The van der Waals surface area contributed by atoms with Crippen molar-refractivity contribution in [3.63, 3.8) is 0 Å². The van der Waals surface area contributed by atoms with E-state index in [2.05, 4.69) is 57.4 Å². The zero-order valence-corrected chi connectivity index (χ0v) is 13.5. The molecule has 1 aromatic rings. The first-order chi connectivity index (χ1) is 8.77. The van der Waals surface area contributed by atoms with Gasteiger partial charge in [-0.3, -0.25) is 4.68 Å². The molecular formula is C16H31N3. The lowest BCUT2D eigenvalue weighted by molar-refractivity contribution is 0.232. The third kappa shape index (κ3) is 4.64. The minimum Gasteiger partial charge on any atom is -0.327 e. The smallest absolute Gasteiger partial charge is 0.0624 e. The molecule has 19 heavy (non-hydrogen) atoms. The van der Waals surface area contributed by atoms with Crippen molar-refractivity contribution in [3.05, 3.63) is 17.5 Å². The molecule has 0 radical (unpaired) electrons. The van der Waals surface area contributed by atoms with Gasteiger partial charge in [0, 0.05) is 24.7 Å². The second-order valence-electron chi connectivity index (χ2n) is 6.76. The van der Waals surface area contributed by atoms with E-state index in [1.54, 1.807) is 0 Å². The van der Waals surface area contributed by atoms with Crippen LogP contribution in [0.15, 0.2) is 6.07 Å². The maximum Gasteiger partial charge on any atom is 0.0624 e. The van der Waals surface area contributed by atoms with Gasteiger partial charge in [0.15, 0.2) is 0 Å². The molecule has 1 heterocycles. The maximum absolute atomic E-state index is 6.34. The van der Waals surface area contributed by atoms with E-state index in [0.717, 1.165) is 25.8 Å². The molecule has 0 fully saturated rings. The monoisotopic (exact) mass is 265 g/mol. The molecule has 110 valence electrons. The van der Waals surface area contributed by atoms with Gasteiger partial charge in [0.1, 0.15) is 0 Å². The lowest BCUT2D eigenvalue weighted by Crippen LogP contribution is -2.30. The van der Waals surface area contributed by atoms with Crippen LogP contribution in [0.1, 0.15) is 59.4 Å². The van der Waals surface area contributed by atoms with Gasteiger partial charge in [-0.1, -0.05) is 34.6 Å². The van der Waals surface area contributed by atoms with Gasteiger partial charge in [-0.25, -0.2) is 0 Å². The maximum atomic E-state index is 6.34. The molecular weight excluding hydrogens is 234 g/mol. The topological polar surface area (TPSA) is 43.8 Å². The van der Waals surface area contributed by atoms with Crippen LogP contribution < -0.4 is 5.73 Å². The molecule has 2 atom stereocenters. The number of nitrogens with zero attached hydrogens (tertiary/aromatic N) is 2. The normalized spacial score (nSPS) is 15.5. The summed E-state index contributed by atoms with van der Waals surface area (Å²) in [4.78, 5) is 0. The van der Waals surface area contributed by atoms with Crippen molar-refractivity contribution in [3.8, 4) is 0 Å². The van der Waals surface area contributed by atoms with Gasteiger partial charge in [-0.2, -0.15) is 5.10 Å². The van der Waals surface area contributed by atoms with E-state index in [1.165, 1.54) is 11.4 Å². The van der Waals surface area contributed by atoms with Crippen molar-refractivity contribution >= 4 is 0 Å². The van der Waals surface area contributed by atoms with E-state index in [4.69, 9.17) is 5.73 Å². The van der Waals surface area contributed by atoms with E-state index >= 15 is 0 Å². The molecule has 3 nitrogen and oxygen atoms in total. The molecule has 0 saturated heterocycles. The van der Waals surface area contributed by atoms with Gasteiger partial charge >= 0.3 is 0 Å². The molecule has 2 N–H and O–H groups in total. The molecule has 1 aromatic heterocycles. The van der Waals surface area contributed by atoms with E-state index in [9.17, 15) is 0 Å². The third-order valence-electron chi connectivity index (χ3n) is 4.18. The Kier molecular flexibility index (Phi) is 5.60. The van der Waals surface area contributed by atoms with Crippen LogP contribution in [-0.2, 0) is 19.4 Å². The van der Waals surface area contributed by atoms with Crippen LogP contribution in [0.2, 0.25) is 0 Å². The average Bonchev–Trinajstić information content (AvgIpc) is 2.69. The summed E-state index contributed by atoms with van der Waals surface area (Å²) in [6.07, 6.45) is 2.99. The van der Waals surface area contributed by atoms with Crippen molar-refractivity contribution < 1.29 is 0 Å². The van der Waals surface area contributed by atoms with Gasteiger partial charge in [0.2, 0.25) is 0 Å². The SMILES string of the molecule is CCc1cc(CC(N)CC(C)C(C)(C)C)n(CC)n1. The van der Waals surface area contributed by atoms with Crippen LogP contribution in [0.3, 0.4) is 0 Å². The highest BCUT2D eigenvalue weighted by Crippen LogP contribution is 2.29. The van der Waals surface area contributed by atoms with Crippen LogP contribution in [0.25, 0.3) is 0 Å². The largest absolute Gasteiger partial charge is 0.327 e. The van der Waals surface area contributed by atoms with Crippen LogP contribution in [0, 0.1) is 11.3 Å². The molecule has 1 rings (SSSR count). The molecule has 0 aliphatic rings. The summed E-state index contributed by atoms with van der Waals surface area (Å²) in [5.41, 5.74) is 9.13. The highest BCUT2D eigenvalue weighted by Gasteiger charge is 2.22. The first-order valence-electron chi connectivity index (χ1n) is 7.59. The Morgan fingerprint density at radius 3 is 2.42 bits per heavy atom. The van der Waals surface area contributed by atoms with E-state index in [0.29, 0.717) is 11.3 Å². The summed E-state index contributed by atoms with van der Waals surface area (Å²) in [5, 5.41) is 4.59. The van der Waals surface area contributed by atoms with Crippen LogP contribution in [-0.4, -0.2) is 15.8 Å². The fourth-order valence-electron chi connectivity index (χ4n) is 2.29. The Morgan fingerprint density at radius 1 is 1.32 bits per heavy atom. The van der Waals surface area contributed by atoms with E-state index in [-0.39, 0.29) is 6.04 Å². The molecule has 0 bridgehead atoms.